The van der Waals surface area contributed by atoms with E-state index in [1.54, 1.807) is 12.2 Å². The molecule has 0 aromatic heterocycles. The second kappa shape index (κ2) is 6.44. The Morgan fingerprint density at radius 3 is 2.29 bits per heavy atom. The quantitative estimate of drug-likeness (QED) is 0.505. The lowest BCUT2D eigenvalue weighted by atomic mass is 9.95. The molecule has 80 valence electrons. The maximum absolute atomic E-state index is 8.86. The summed E-state index contributed by atoms with van der Waals surface area (Å²) in [6, 6.07) is 0.238. The highest BCUT2D eigenvalue weighted by Crippen LogP contribution is 2.17. The molecule has 0 bridgehead atoms. The summed E-state index contributed by atoms with van der Waals surface area (Å²) in [5, 5.41) is 8.86. The lowest BCUT2D eigenvalue weighted by Gasteiger charge is -2.12. The van der Waals surface area contributed by atoms with E-state index < -0.39 is 0 Å². The lowest BCUT2D eigenvalue weighted by molar-refractivity contribution is 0.435. The fraction of sp³-hybridized carbons (Fsp3) is 0.500. The summed E-state index contributed by atoms with van der Waals surface area (Å²) in [6.07, 6.45) is 5.38. The van der Waals surface area contributed by atoms with Crippen LogP contribution in [-0.2, 0) is 0 Å². The Morgan fingerprint density at radius 1 is 1.29 bits per heavy atom. The topological polar surface area (TPSA) is 46.2 Å². The van der Waals surface area contributed by atoms with Crippen LogP contribution in [0, 0.1) is 5.92 Å². The number of hydrogen-bond acceptors (Lipinski definition) is 2. The van der Waals surface area contributed by atoms with Gasteiger partial charge in [0.2, 0.25) is 0 Å². The van der Waals surface area contributed by atoms with Crippen LogP contribution in [0.25, 0.3) is 0 Å². The highest BCUT2D eigenvalue weighted by Gasteiger charge is 2.05. The molecule has 0 aromatic rings. The van der Waals surface area contributed by atoms with Gasteiger partial charge in [0.25, 0.3) is 0 Å². The largest absolute Gasteiger partial charge is 0.509 e. The second-order valence-electron chi connectivity index (χ2n) is 3.86. The summed E-state index contributed by atoms with van der Waals surface area (Å²) in [7, 11) is 0. The molecule has 0 unspecified atom stereocenters. The highest BCUT2D eigenvalue weighted by atomic mass is 16.3. The van der Waals surface area contributed by atoms with Crippen molar-refractivity contribution in [2.45, 2.75) is 32.7 Å². The van der Waals surface area contributed by atoms with Gasteiger partial charge in [-0.1, -0.05) is 31.7 Å². The van der Waals surface area contributed by atoms with Gasteiger partial charge in [-0.2, -0.15) is 0 Å². The van der Waals surface area contributed by atoms with Gasteiger partial charge in [-0.15, -0.1) is 0 Å². The van der Waals surface area contributed by atoms with Gasteiger partial charge >= 0.3 is 0 Å². The number of aliphatic hydroxyl groups is 1. The summed E-state index contributed by atoms with van der Waals surface area (Å²) in [4.78, 5) is 0. The Hall–Kier alpha value is -1.02. The van der Waals surface area contributed by atoms with Crippen LogP contribution >= 0.6 is 0 Å². The molecule has 0 radical (unpaired) electrons. The number of nitrogens with two attached hydrogens (primary N) is 1. The van der Waals surface area contributed by atoms with Crippen molar-refractivity contribution in [2.75, 3.05) is 0 Å². The van der Waals surface area contributed by atoms with E-state index >= 15 is 0 Å². The molecule has 0 aliphatic rings. The van der Waals surface area contributed by atoms with Crippen LogP contribution in [0.15, 0.2) is 36.6 Å². The van der Waals surface area contributed by atoms with Gasteiger partial charge in [-0.25, -0.2) is 0 Å². The van der Waals surface area contributed by atoms with Crippen molar-refractivity contribution in [3.63, 3.8) is 0 Å². The summed E-state index contributed by atoms with van der Waals surface area (Å²) < 4.78 is 0. The molecule has 3 N–H and O–H groups in total. The van der Waals surface area contributed by atoms with E-state index in [2.05, 4.69) is 20.1 Å². The Kier molecular flexibility index (Phi) is 5.97. The van der Waals surface area contributed by atoms with Gasteiger partial charge in [0, 0.05) is 6.04 Å². The molecule has 0 saturated heterocycles. The number of hydrogen-bond donors (Lipinski definition) is 2. The molecular formula is C12H21NO. The Balaban J connectivity index is 3.93. The van der Waals surface area contributed by atoms with Crippen LogP contribution in [-0.4, -0.2) is 11.1 Å². The van der Waals surface area contributed by atoms with Crippen molar-refractivity contribution in [2.24, 2.45) is 11.7 Å². The molecule has 0 spiro atoms. The van der Waals surface area contributed by atoms with Gasteiger partial charge < -0.3 is 10.8 Å². The maximum atomic E-state index is 8.86. The van der Waals surface area contributed by atoms with Crippen molar-refractivity contribution in [3.8, 4) is 0 Å². The number of aliphatic hydroxyl groups excluding tert-OH is 1. The number of rotatable bonds is 6. The van der Waals surface area contributed by atoms with E-state index in [9.17, 15) is 0 Å². The minimum Gasteiger partial charge on any atom is -0.509 e. The molecular weight excluding hydrogens is 174 g/mol. The SMILES string of the molecule is C=C(O)/C=C\C(=C)[C@@H](C)CC[C@H](C)N. The first-order valence-electron chi connectivity index (χ1n) is 4.93. The standard InChI is InChI=1S/C12H21NO/c1-9(5-7-11(3)13)10(2)6-8-12(4)14/h6,8-9,11,14H,2,4-5,7,13H2,1,3H3/b8-6-/t9-,11-/m0/s1. The van der Waals surface area contributed by atoms with Crippen molar-refractivity contribution >= 4 is 0 Å². The molecule has 0 amide bonds. The molecule has 2 atom stereocenters. The Morgan fingerprint density at radius 2 is 1.86 bits per heavy atom. The predicted octanol–water partition coefficient (Wildman–Crippen LogP) is 2.93. The van der Waals surface area contributed by atoms with E-state index in [4.69, 9.17) is 10.8 Å². The van der Waals surface area contributed by atoms with Gasteiger partial charge in [0.15, 0.2) is 0 Å². The van der Waals surface area contributed by atoms with Crippen molar-refractivity contribution in [3.05, 3.63) is 36.6 Å². The maximum Gasteiger partial charge on any atom is 0.108 e. The predicted molar refractivity (Wildman–Crippen MR) is 62.1 cm³/mol. The molecule has 0 heterocycles. The average Bonchev–Trinajstić information content (AvgIpc) is 2.09. The summed E-state index contributed by atoms with van der Waals surface area (Å²) in [5.41, 5.74) is 6.66. The highest BCUT2D eigenvalue weighted by molar-refractivity contribution is 5.22. The second-order valence-corrected chi connectivity index (χ2v) is 3.86. The van der Waals surface area contributed by atoms with E-state index in [0.29, 0.717) is 5.92 Å². The molecule has 0 aliphatic heterocycles. The Bertz CT molecular complexity index is 228. The van der Waals surface area contributed by atoms with Gasteiger partial charge in [-0.05, 0) is 31.8 Å². The van der Waals surface area contributed by atoms with Crippen LogP contribution in [0.2, 0.25) is 0 Å². The van der Waals surface area contributed by atoms with Gasteiger partial charge in [0.05, 0.1) is 0 Å². The summed E-state index contributed by atoms with van der Waals surface area (Å²) >= 11 is 0. The summed E-state index contributed by atoms with van der Waals surface area (Å²) in [6.45, 7) is 11.4. The first-order valence-corrected chi connectivity index (χ1v) is 4.93. The van der Waals surface area contributed by atoms with Gasteiger partial charge in [-0.3, -0.25) is 0 Å². The molecule has 2 heteroatoms. The Labute approximate surface area is 86.8 Å². The first-order chi connectivity index (χ1) is 6.43. The van der Waals surface area contributed by atoms with Crippen molar-refractivity contribution in [1.29, 1.82) is 0 Å². The molecule has 0 rings (SSSR count). The number of allylic oxidation sites excluding steroid dienone is 3. The zero-order chi connectivity index (χ0) is 11.1. The normalized spacial score (nSPS) is 15.4. The summed E-state index contributed by atoms with van der Waals surface area (Å²) in [5.74, 6) is 0.460. The molecule has 14 heavy (non-hydrogen) atoms. The third kappa shape index (κ3) is 6.49. The van der Waals surface area contributed by atoms with E-state index in [0.717, 1.165) is 18.4 Å². The molecule has 0 saturated carbocycles. The smallest absolute Gasteiger partial charge is 0.108 e. The van der Waals surface area contributed by atoms with E-state index in [1.165, 1.54) is 0 Å². The minimum absolute atomic E-state index is 0.0607. The fourth-order valence-electron chi connectivity index (χ4n) is 1.07. The van der Waals surface area contributed by atoms with Gasteiger partial charge in [0.1, 0.15) is 5.76 Å². The minimum atomic E-state index is 0.0607. The third-order valence-electron chi connectivity index (χ3n) is 2.18. The molecule has 0 fully saturated rings. The molecule has 0 aromatic carbocycles. The van der Waals surface area contributed by atoms with Crippen LogP contribution < -0.4 is 5.73 Å². The lowest BCUT2D eigenvalue weighted by Crippen LogP contribution is -2.15. The average molecular weight is 195 g/mol. The monoisotopic (exact) mass is 195 g/mol. The third-order valence-corrected chi connectivity index (χ3v) is 2.18. The van der Waals surface area contributed by atoms with Crippen LogP contribution in [0.3, 0.4) is 0 Å². The fourth-order valence-corrected chi connectivity index (χ4v) is 1.07. The zero-order valence-corrected chi connectivity index (χ0v) is 9.16. The van der Waals surface area contributed by atoms with Crippen molar-refractivity contribution in [1.82, 2.24) is 0 Å². The van der Waals surface area contributed by atoms with E-state index in [-0.39, 0.29) is 11.8 Å². The van der Waals surface area contributed by atoms with Crippen LogP contribution in [0.4, 0.5) is 0 Å². The zero-order valence-electron chi connectivity index (χ0n) is 9.16. The van der Waals surface area contributed by atoms with E-state index in [1.807, 2.05) is 6.92 Å². The van der Waals surface area contributed by atoms with Crippen LogP contribution in [0.1, 0.15) is 26.7 Å². The van der Waals surface area contributed by atoms with Crippen molar-refractivity contribution < 1.29 is 5.11 Å². The van der Waals surface area contributed by atoms with Crippen LogP contribution in [0.5, 0.6) is 0 Å². The molecule has 2 nitrogen and oxygen atoms in total. The first kappa shape index (κ1) is 13.0. The molecule has 0 aliphatic carbocycles.